The molecule has 21 heavy (non-hydrogen) atoms. The second kappa shape index (κ2) is 6.05. The molecule has 0 saturated heterocycles. The molecule has 1 aromatic heterocycles. The molecule has 1 unspecified atom stereocenters. The monoisotopic (exact) mass is 288 g/mol. The third-order valence-corrected chi connectivity index (χ3v) is 3.45. The van der Waals surface area contributed by atoms with Crippen LogP contribution in [0.4, 0.5) is 5.69 Å². The van der Waals surface area contributed by atoms with Crippen molar-refractivity contribution >= 4 is 5.69 Å². The summed E-state index contributed by atoms with van der Waals surface area (Å²) in [7, 11) is 1.54. The normalized spacial score (nSPS) is 13.0. The minimum atomic E-state index is -0.381. The van der Waals surface area contributed by atoms with Crippen molar-refractivity contribution in [3.63, 3.8) is 0 Å². The van der Waals surface area contributed by atoms with Crippen molar-refractivity contribution in [3.05, 3.63) is 45.4 Å². The number of aryl methyl sites for hydroxylation is 3. The van der Waals surface area contributed by atoms with Gasteiger partial charge in [0, 0.05) is 7.11 Å². The minimum absolute atomic E-state index is 0.220. The van der Waals surface area contributed by atoms with Crippen molar-refractivity contribution in [1.82, 2.24) is 9.78 Å². The number of hydrogen-bond donors (Lipinski definition) is 1. The zero-order valence-corrected chi connectivity index (χ0v) is 13.0. The lowest BCUT2D eigenvalue weighted by atomic mass is 10.1. The van der Waals surface area contributed by atoms with E-state index in [-0.39, 0.29) is 11.8 Å². The van der Waals surface area contributed by atoms with Gasteiger partial charge in [0.2, 0.25) is 0 Å². The topological polar surface area (TPSA) is 71.7 Å². The fourth-order valence-electron chi connectivity index (χ4n) is 1.89. The average molecular weight is 288 g/mol. The van der Waals surface area contributed by atoms with Gasteiger partial charge in [0.1, 0.15) is 0 Å². The first-order valence-electron chi connectivity index (χ1n) is 6.77. The Labute approximate surface area is 123 Å². The van der Waals surface area contributed by atoms with Crippen LogP contribution in [-0.4, -0.2) is 23.1 Å². The lowest BCUT2D eigenvalue weighted by Crippen LogP contribution is -2.14. The van der Waals surface area contributed by atoms with Crippen molar-refractivity contribution in [2.75, 3.05) is 7.11 Å². The summed E-state index contributed by atoms with van der Waals surface area (Å²) in [6.45, 7) is 7.60. The van der Waals surface area contributed by atoms with Gasteiger partial charge >= 0.3 is 0 Å². The Balaban J connectivity index is 2.46. The van der Waals surface area contributed by atoms with E-state index in [0.29, 0.717) is 11.4 Å². The number of hydrogen-bond acceptors (Lipinski definition) is 4. The van der Waals surface area contributed by atoms with Crippen LogP contribution in [0.2, 0.25) is 0 Å². The van der Waals surface area contributed by atoms with E-state index in [0.717, 1.165) is 11.3 Å². The van der Waals surface area contributed by atoms with E-state index in [1.807, 2.05) is 32.0 Å². The molecule has 1 atom stereocenters. The number of H-pyrrole nitrogens is 1. The zero-order valence-electron chi connectivity index (χ0n) is 13.0. The van der Waals surface area contributed by atoms with E-state index in [4.69, 9.17) is 4.74 Å². The molecule has 0 aliphatic carbocycles. The molecule has 0 fully saturated rings. The van der Waals surface area contributed by atoms with E-state index in [9.17, 15) is 4.79 Å². The van der Waals surface area contributed by atoms with Gasteiger partial charge in [0.25, 0.3) is 5.56 Å². The summed E-state index contributed by atoms with van der Waals surface area (Å²) in [5.74, 6) is 0. The molecule has 6 nitrogen and oxygen atoms in total. The van der Waals surface area contributed by atoms with E-state index in [1.165, 1.54) is 10.2 Å². The molecule has 112 valence electrons. The zero-order chi connectivity index (χ0) is 15.6. The Hall–Kier alpha value is -2.21. The SMILES string of the molecule is COC(C)N=Nc1c(C)[nH]n(-c2ccc(C)c(C)c2)c1=O. The van der Waals surface area contributed by atoms with Gasteiger partial charge in [-0.15, -0.1) is 5.11 Å². The van der Waals surface area contributed by atoms with Crippen molar-refractivity contribution in [3.8, 4) is 5.69 Å². The molecule has 0 bridgehead atoms. The second-order valence-electron chi connectivity index (χ2n) is 5.05. The summed E-state index contributed by atoms with van der Waals surface area (Å²) in [4.78, 5) is 12.4. The van der Waals surface area contributed by atoms with Crippen LogP contribution < -0.4 is 5.56 Å². The number of ether oxygens (including phenoxy) is 1. The predicted octanol–water partition coefficient (Wildman–Crippen LogP) is 3.17. The van der Waals surface area contributed by atoms with E-state index in [2.05, 4.69) is 15.3 Å². The van der Waals surface area contributed by atoms with Gasteiger partial charge < -0.3 is 4.74 Å². The summed E-state index contributed by atoms with van der Waals surface area (Å²) >= 11 is 0. The molecule has 1 heterocycles. The summed E-state index contributed by atoms with van der Waals surface area (Å²) in [5, 5.41) is 11.0. The van der Waals surface area contributed by atoms with E-state index in [1.54, 1.807) is 21.0 Å². The summed E-state index contributed by atoms with van der Waals surface area (Å²) < 4.78 is 6.47. The number of aromatic nitrogens is 2. The summed E-state index contributed by atoms with van der Waals surface area (Å²) in [5.41, 5.74) is 3.85. The molecule has 0 amide bonds. The van der Waals surface area contributed by atoms with Gasteiger partial charge in [-0.05, 0) is 51.0 Å². The van der Waals surface area contributed by atoms with Crippen LogP contribution in [0, 0.1) is 20.8 Å². The maximum absolute atomic E-state index is 12.4. The number of benzene rings is 1. The van der Waals surface area contributed by atoms with Crippen molar-refractivity contribution in [2.45, 2.75) is 33.9 Å². The van der Waals surface area contributed by atoms with Crippen LogP contribution >= 0.6 is 0 Å². The van der Waals surface area contributed by atoms with E-state index < -0.39 is 0 Å². The van der Waals surface area contributed by atoms with Gasteiger partial charge in [-0.1, -0.05) is 6.07 Å². The molecule has 1 N–H and O–H groups in total. The average Bonchev–Trinajstić information content (AvgIpc) is 2.74. The number of nitrogens with one attached hydrogen (secondary N) is 1. The first-order valence-corrected chi connectivity index (χ1v) is 6.77. The Morgan fingerprint density at radius 1 is 1.24 bits per heavy atom. The van der Waals surface area contributed by atoms with Crippen LogP contribution in [0.15, 0.2) is 33.2 Å². The largest absolute Gasteiger partial charge is 0.358 e. The highest BCUT2D eigenvalue weighted by Gasteiger charge is 2.12. The minimum Gasteiger partial charge on any atom is -0.358 e. The number of nitrogens with zero attached hydrogens (tertiary/aromatic N) is 3. The Morgan fingerprint density at radius 2 is 1.95 bits per heavy atom. The van der Waals surface area contributed by atoms with Crippen LogP contribution in [0.5, 0.6) is 0 Å². The van der Waals surface area contributed by atoms with Crippen molar-refractivity contribution in [2.24, 2.45) is 10.2 Å². The molecular formula is C15H20N4O2. The molecule has 2 rings (SSSR count). The third kappa shape index (κ3) is 3.11. The predicted molar refractivity (Wildman–Crippen MR) is 81.6 cm³/mol. The molecular weight excluding hydrogens is 268 g/mol. The molecule has 0 aliphatic rings. The molecule has 6 heteroatoms. The molecule has 1 aromatic carbocycles. The van der Waals surface area contributed by atoms with Gasteiger partial charge in [-0.3, -0.25) is 9.89 Å². The van der Waals surface area contributed by atoms with Gasteiger partial charge in [-0.25, -0.2) is 4.68 Å². The second-order valence-corrected chi connectivity index (χ2v) is 5.05. The molecule has 0 aliphatic heterocycles. The smallest absolute Gasteiger partial charge is 0.299 e. The number of azo groups is 1. The first-order chi connectivity index (χ1) is 9.93. The molecule has 2 aromatic rings. The van der Waals surface area contributed by atoms with Gasteiger partial charge in [0.05, 0.1) is 11.4 Å². The Morgan fingerprint density at radius 3 is 2.57 bits per heavy atom. The molecule has 0 spiro atoms. The fraction of sp³-hybridized carbons (Fsp3) is 0.400. The van der Waals surface area contributed by atoms with Crippen LogP contribution in [-0.2, 0) is 4.74 Å². The maximum Gasteiger partial charge on any atom is 0.299 e. The molecule has 0 saturated carbocycles. The summed E-state index contributed by atoms with van der Waals surface area (Å²) in [6, 6.07) is 5.85. The van der Waals surface area contributed by atoms with Crippen molar-refractivity contribution in [1.29, 1.82) is 0 Å². The lowest BCUT2D eigenvalue weighted by molar-refractivity contribution is 0.120. The maximum atomic E-state index is 12.4. The highest BCUT2D eigenvalue weighted by atomic mass is 16.5. The van der Waals surface area contributed by atoms with Gasteiger partial charge in [-0.2, -0.15) is 5.11 Å². The van der Waals surface area contributed by atoms with Crippen LogP contribution in [0.25, 0.3) is 5.69 Å². The third-order valence-electron chi connectivity index (χ3n) is 3.45. The summed E-state index contributed by atoms with van der Waals surface area (Å²) in [6.07, 6.45) is -0.381. The Kier molecular flexibility index (Phi) is 4.37. The standard InChI is InChI=1S/C15H20N4O2/c1-9-6-7-13(8-10(9)2)19-15(20)14(11(3)18-19)17-16-12(4)21-5/h6-8,12,18H,1-5H3. The van der Waals surface area contributed by atoms with Gasteiger partial charge in [0.15, 0.2) is 11.9 Å². The highest BCUT2D eigenvalue weighted by molar-refractivity contribution is 5.45. The Bertz CT molecular complexity index is 728. The highest BCUT2D eigenvalue weighted by Crippen LogP contribution is 2.17. The van der Waals surface area contributed by atoms with Crippen molar-refractivity contribution < 1.29 is 4.74 Å². The van der Waals surface area contributed by atoms with Crippen LogP contribution in [0.3, 0.4) is 0 Å². The fourth-order valence-corrected chi connectivity index (χ4v) is 1.89. The lowest BCUT2D eigenvalue weighted by Gasteiger charge is -2.05. The van der Waals surface area contributed by atoms with E-state index >= 15 is 0 Å². The number of methoxy groups -OCH3 is 1. The number of aromatic amines is 1. The number of rotatable bonds is 4. The quantitative estimate of drug-likeness (QED) is 0.878. The molecule has 0 radical (unpaired) electrons. The first kappa shape index (κ1) is 15.2. The van der Waals surface area contributed by atoms with Crippen LogP contribution in [0.1, 0.15) is 23.7 Å².